The molecule has 0 radical (unpaired) electrons. The third kappa shape index (κ3) is 2.46. The summed E-state index contributed by atoms with van der Waals surface area (Å²) in [5.74, 6) is -1.07. The second-order valence-corrected chi connectivity index (χ2v) is 5.70. The molecule has 124 valence electrons. The molecule has 7 nitrogen and oxygen atoms in total. The van der Waals surface area contributed by atoms with Crippen LogP contribution in [0.3, 0.4) is 0 Å². The molecule has 2 aromatic heterocycles. The number of hydrazone groups is 1. The minimum atomic E-state index is -0.752. The number of aromatic hydroxyl groups is 1. The van der Waals surface area contributed by atoms with Gasteiger partial charge in [0.25, 0.3) is 11.5 Å². The lowest BCUT2D eigenvalue weighted by Gasteiger charge is -2.10. The van der Waals surface area contributed by atoms with Crippen LogP contribution in [0, 0.1) is 0 Å². The van der Waals surface area contributed by atoms with Gasteiger partial charge in [-0.25, -0.2) is 5.43 Å². The number of nitrogens with zero attached hydrogens (tertiary/aromatic N) is 3. The van der Waals surface area contributed by atoms with E-state index < -0.39 is 11.5 Å². The first kappa shape index (κ1) is 15.1. The average Bonchev–Trinajstić information content (AvgIpc) is 3.06. The lowest BCUT2D eigenvalue weighted by molar-refractivity contribution is 0.0950. The molecule has 7 heteroatoms. The fourth-order valence-corrected chi connectivity index (χ4v) is 3.09. The molecule has 0 spiro atoms. The molecular weight excluding hydrogens is 320 g/mol. The van der Waals surface area contributed by atoms with Crippen molar-refractivity contribution in [2.75, 3.05) is 0 Å². The summed E-state index contributed by atoms with van der Waals surface area (Å²) >= 11 is 0. The van der Waals surface area contributed by atoms with Crippen molar-refractivity contribution in [3.05, 3.63) is 69.8 Å². The first-order chi connectivity index (χ1) is 12.2. The summed E-state index contributed by atoms with van der Waals surface area (Å²) in [5.41, 5.74) is 3.71. The molecule has 1 aliphatic heterocycles. The summed E-state index contributed by atoms with van der Waals surface area (Å²) in [6.07, 6.45) is 3.67. The Morgan fingerprint density at radius 1 is 1.28 bits per heavy atom. The highest BCUT2D eigenvalue weighted by molar-refractivity contribution is 6.03. The maximum Gasteiger partial charge on any atom is 0.280 e. The Kier molecular flexibility index (Phi) is 3.53. The monoisotopic (exact) mass is 334 g/mol. The predicted molar refractivity (Wildman–Crippen MR) is 92.9 cm³/mol. The molecule has 2 N–H and O–H groups in total. The number of carbonyl (C=O) groups is 1. The number of hydrogen-bond acceptors (Lipinski definition) is 5. The summed E-state index contributed by atoms with van der Waals surface area (Å²) in [6.45, 7) is 0.493. The summed E-state index contributed by atoms with van der Waals surface area (Å²) in [6, 6.07) is 10.7. The molecule has 3 aromatic rings. The van der Waals surface area contributed by atoms with E-state index in [-0.39, 0.29) is 11.3 Å². The normalized spacial score (nSPS) is 12.8. The predicted octanol–water partition coefficient (Wildman–Crippen LogP) is 1.42. The van der Waals surface area contributed by atoms with Crippen LogP contribution in [0.2, 0.25) is 0 Å². The van der Waals surface area contributed by atoms with Crippen molar-refractivity contribution in [2.24, 2.45) is 5.10 Å². The third-order valence-corrected chi connectivity index (χ3v) is 4.22. The molecule has 0 saturated carbocycles. The van der Waals surface area contributed by atoms with E-state index in [2.05, 4.69) is 15.5 Å². The van der Waals surface area contributed by atoms with Crippen molar-refractivity contribution < 1.29 is 9.90 Å². The van der Waals surface area contributed by atoms with E-state index >= 15 is 0 Å². The quantitative estimate of drug-likeness (QED) is 0.559. The Labute approximate surface area is 142 Å². The molecule has 0 fully saturated rings. The van der Waals surface area contributed by atoms with Crippen LogP contribution in [0.5, 0.6) is 5.75 Å². The minimum absolute atomic E-state index is 0.301. The molecular formula is C18H14N4O3. The van der Waals surface area contributed by atoms with E-state index in [0.717, 1.165) is 5.56 Å². The van der Waals surface area contributed by atoms with Gasteiger partial charge in [-0.1, -0.05) is 18.2 Å². The lowest BCUT2D eigenvalue weighted by Crippen LogP contribution is -2.30. The third-order valence-electron chi connectivity index (χ3n) is 4.22. The fraction of sp³-hybridized carbons (Fsp3) is 0.111. The Hall–Kier alpha value is -3.48. The number of rotatable bonds is 3. The van der Waals surface area contributed by atoms with Crippen molar-refractivity contribution >= 4 is 23.0 Å². The summed E-state index contributed by atoms with van der Waals surface area (Å²) in [5, 5.41) is 14.8. The molecule has 1 aromatic carbocycles. The van der Waals surface area contributed by atoms with Crippen molar-refractivity contribution in [3.63, 3.8) is 0 Å². The van der Waals surface area contributed by atoms with E-state index in [1.165, 1.54) is 10.8 Å². The summed E-state index contributed by atoms with van der Waals surface area (Å²) < 4.78 is 1.53. The van der Waals surface area contributed by atoms with Crippen LogP contribution in [-0.2, 0) is 13.0 Å². The fourth-order valence-electron chi connectivity index (χ4n) is 3.09. The first-order valence-electron chi connectivity index (χ1n) is 7.78. The minimum Gasteiger partial charge on any atom is -0.506 e. The molecule has 3 heterocycles. The average molecular weight is 334 g/mol. The van der Waals surface area contributed by atoms with Gasteiger partial charge in [0.15, 0.2) is 0 Å². The second-order valence-electron chi connectivity index (χ2n) is 5.70. The van der Waals surface area contributed by atoms with Gasteiger partial charge in [0.05, 0.1) is 17.4 Å². The van der Waals surface area contributed by atoms with E-state index in [1.807, 2.05) is 6.07 Å². The molecule has 25 heavy (non-hydrogen) atoms. The lowest BCUT2D eigenvalue weighted by atomic mass is 10.1. The zero-order valence-corrected chi connectivity index (χ0v) is 13.1. The van der Waals surface area contributed by atoms with Crippen molar-refractivity contribution in [1.82, 2.24) is 15.0 Å². The highest BCUT2D eigenvalue weighted by Gasteiger charge is 2.25. The highest BCUT2D eigenvalue weighted by atomic mass is 16.3. The number of carbonyl (C=O) groups excluding carboxylic acids is 1. The van der Waals surface area contributed by atoms with E-state index in [1.54, 1.807) is 36.5 Å². The second kappa shape index (κ2) is 5.86. The summed E-state index contributed by atoms with van der Waals surface area (Å²) in [4.78, 5) is 29.1. The van der Waals surface area contributed by atoms with E-state index in [9.17, 15) is 14.7 Å². The number of para-hydroxylation sites is 1. The van der Waals surface area contributed by atoms with Crippen molar-refractivity contribution in [1.29, 1.82) is 0 Å². The number of benzene rings is 1. The number of hydrogen-bond donors (Lipinski definition) is 2. The Morgan fingerprint density at radius 3 is 2.96 bits per heavy atom. The van der Waals surface area contributed by atoms with Gasteiger partial charge in [0, 0.05) is 18.1 Å². The van der Waals surface area contributed by atoms with Crippen LogP contribution in [0.25, 0.3) is 10.9 Å². The summed E-state index contributed by atoms with van der Waals surface area (Å²) in [7, 11) is 0. The van der Waals surface area contributed by atoms with Crippen LogP contribution in [0.1, 0.15) is 21.6 Å². The molecule has 1 amide bonds. The number of aryl methyl sites for hydroxylation is 2. The van der Waals surface area contributed by atoms with E-state index in [4.69, 9.17) is 0 Å². The number of amides is 1. The molecule has 0 saturated heterocycles. The molecule has 1 aliphatic rings. The SMILES string of the molecule is O=C(NN=Cc1ccccn1)c1c(O)c2cccc3c2n(c1=O)CC3. The standard InChI is InChI=1S/C18H14N4O3/c23-16-13-6-3-4-11-7-9-22(15(11)13)18(25)14(16)17(24)21-20-10-12-5-1-2-8-19-12/h1-6,8,10,23H,7,9H2,(H,21,24). The van der Waals surface area contributed by atoms with Crippen LogP contribution in [0.15, 0.2) is 52.5 Å². The number of aromatic nitrogens is 2. The zero-order valence-electron chi connectivity index (χ0n) is 13.1. The van der Waals surface area contributed by atoms with Gasteiger partial charge in [-0.15, -0.1) is 0 Å². The Morgan fingerprint density at radius 2 is 2.16 bits per heavy atom. The van der Waals surface area contributed by atoms with Crippen LogP contribution < -0.4 is 11.0 Å². The maximum absolute atomic E-state index is 12.6. The van der Waals surface area contributed by atoms with Gasteiger partial charge < -0.3 is 9.67 Å². The molecule has 0 bridgehead atoms. The van der Waals surface area contributed by atoms with Crippen LogP contribution in [-0.4, -0.2) is 26.8 Å². The van der Waals surface area contributed by atoms with E-state index in [0.29, 0.717) is 29.6 Å². The first-order valence-corrected chi connectivity index (χ1v) is 7.78. The highest BCUT2D eigenvalue weighted by Crippen LogP contribution is 2.31. The smallest absolute Gasteiger partial charge is 0.280 e. The van der Waals surface area contributed by atoms with Gasteiger partial charge >= 0.3 is 0 Å². The zero-order chi connectivity index (χ0) is 17.4. The number of nitrogens with one attached hydrogen (secondary N) is 1. The Balaban J connectivity index is 1.72. The molecule has 0 atom stereocenters. The van der Waals surface area contributed by atoms with Gasteiger partial charge in [0.2, 0.25) is 0 Å². The van der Waals surface area contributed by atoms with Gasteiger partial charge in [-0.2, -0.15) is 5.10 Å². The van der Waals surface area contributed by atoms with Crippen molar-refractivity contribution in [3.8, 4) is 5.75 Å². The topological polar surface area (TPSA) is 96.6 Å². The Bertz CT molecular complexity index is 1070. The molecule has 4 rings (SSSR count). The van der Waals surface area contributed by atoms with Gasteiger partial charge in [0.1, 0.15) is 11.3 Å². The van der Waals surface area contributed by atoms with Crippen LogP contribution in [0.4, 0.5) is 0 Å². The molecule has 0 unspecified atom stereocenters. The largest absolute Gasteiger partial charge is 0.506 e. The van der Waals surface area contributed by atoms with Crippen LogP contribution >= 0.6 is 0 Å². The van der Waals surface area contributed by atoms with Gasteiger partial charge in [-0.3, -0.25) is 14.6 Å². The maximum atomic E-state index is 12.6. The van der Waals surface area contributed by atoms with Gasteiger partial charge in [-0.05, 0) is 30.2 Å². The molecule has 0 aliphatic carbocycles. The number of pyridine rings is 2. The van der Waals surface area contributed by atoms with Crippen molar-refractivity contribution in [2.45, 2.75) is 13.0 Å².